The maximum absolute atomic E-state index is 4.50. The highest BCUT2D eigenvalue weighted by molar-refractivity contribution is 5.49. The summed E-state index contributed by atoms with van der Waals surface area (Å²) < 4.78 is 1.95. The Bertz CT molecular complexity index is 596. The number of rotatable bonds is 4. The molecule has 3 heteroatoms. The zero-order chi connectivity index (χ0) is 14.9. The fourth-order valence-corrected chi connectivity index (χ4v) is 2.73. The van der Waals surface area contributed by atoms with E-state index in [0.29, 0.717) is 5.92 Å². The summed E-state index contributed by atoms with van der Waals surface area (Å²) >= 11 is 0. The number of aromatic nitrogens is 2. The van der Waals surface area contributed by atoms with Crippen LogP contribution in [0.3, 0.4) is 0 Å². The Kier molecular flexibility index (Phi) is 4.17. The summed E-state index contributed by atoms with van der Waals surface area (Å²) in [6.07, 6.45) is 0. The Morgan fingerprint density at radius 2 is 1.85 bits per heavy atom. The molecule has 0 amide bonds. The van der Waals surface area contributed by atoms with E-state index in [9.17, 15) is 0 Å². The Labute approximate surface area is 122 Å². The van der Waals surface area contributed by atoms with Crippen molar-refractivity contribution in [1.29, 1.82) is 0 Å². The summed E-state index contributed by atoms with van der Waals surface area (Å²) in [7, 11) is 2.00. The van der Waals surface area contributed by atoms with Crippen LogP contribution in [0.5, 0.6) is 0 Å². The van der Waals surface area contributed by atoms with Gasteiger partial charge in [-0.05, 0) is 44.4 Å². The van der Waals surface area contributed by atoms with E-state index in [1.807, 2.05) is 11.7 Å². The highest BCUT2D eigenvalue weighted by Crippen LogP contribution is 2.26. The summed E-state index contributed by atoms with van der Waals surface area (Å²) in [5.74, 6) is 0.550. The molecule has 108 valence electrons. The molecule has 0 aliphatic heterocycles. The number of nitrogens with zero attached hydrogens (tertiary/aromatic N) is 2. The van der Waals surface area contributed by atoms with Gasteiger partial charge in [-0.25, -0.2) is 0 Å². The van der Waals surface area contributed by atoms with Gasteiger partial charge in [0.1, 0.15) is 0 Å². The molecule has 0 spiro atoms. The smallest absolute Gasteiger partial charge is 0.0649 e. The molecule has 1 N–H and O–H groups in total. The van der Waals surface area contributed by atoms with Crippen LogP contribution >= 0.6 is 0 Å². The molecule has 0 radical (unpaired) electrons. The van der Waals surface area contributed by atoms with E-state index in [1.54, 1.807) is 0 Å². The largest absolute Gasteiger partial charge is 0.378 e. The molecule has 20 heavy (non-hydrogen) atoms. The van der Waals surface area contributed by atoms with Gasteiger partial charge in [0, 0.05) is 24.0 Å². The van der Waals surface area contributed by atoms with Crippen LogP contribution < -0.4 is 5.32 Å². The summed E-state index contributed by atoms with van der Waals surface area (Å²) in [5.41, 5.74) is 6.16. The number of benzene rings is 1. The topological polar surface area (TPSA) is 29.9 Å². The van der Waals surface area contributed by atoms with Gasteiger partial charge in [-0.1, -0.05) is 26.0 Å². The van der Waals surface area contributed by atoms with Crippen molar-refractivity contribution < 1.29 is 0 Å². The monoisotopic (exact) mass is 271 g/mol. The molecule has 0 saturated carbocycles. The molecule has 1 aromatic carbocycles. The van der Waals surface area contributed by atoms with Gasteiger partial charge in [-0.2, -0.15) is 5.10 Å². The zero-order valence-corrected chi connectivity index (χ0v) is 13.4. The number of hydrogen-bond donors (Lipinski definition) is 1. The number of hydrogen-bond acceptors (Lipinski definition) is 2. The first-order valence-corrected chi connectivity index (χ1v) is 7.26. The first-order valence-electron chi connectivity index (χ1n) is 7.26. The molecule has 1 unspecified atom stereocenters. The van der Waals surface area contributed by atoms with Gasteiger partial charge < -0.3 is 5.32 Å². The lowest BCUT2D eigenvalue weighted by Crippen LogP contribution is -2.09. The van der Waals surface area contributed by atoms with Crippen LogP contribution in [-0.4, -0.2) is 9.78 Å². The molecule has 0 aliphatic rings. The Balaban J connectivity index is 2.23. The first-order chi connectivity index (χ1) is 9.40. The van der Waals surface area contributed by atoms with Crippen LogP contribution in [0.25, 0.3) is 0 Å². The maximum atomic E-state index is 4.50. The fraction of sp³-hybridized carbons (Fsp3) is 0.471. The van der Waals surface area contributed by atoms with Crippen molar-refractivity contribution in [3.8, 4) is 0 Å². The van der Waals surface area contributed by atoms with Crippen LogP contribution in [-0.2, 0) is 7.05 Å². The van der Waals surface area contributed by atoms with Crippen molar-refractivity contribution in [3.63, 3.8) is 0 Å². The van der Waals surface area contributed by atoms with Gasteiger partial charge in [0.25, 0.3) is 0 Å². The van der Waals surface area contributed by atoms with Crippen LogP contribution in [0.15, 0.2) is 24.3 Å². The van der Waals surface area contributed by atoms with Gasteiger partial charge in [0.05, 0.1) is 11.7 Å². The van der Waals surface area contributed by atoms with Crippen molar-refractivity contribution in [3.05, 3.63) is 46.8 Å². The molecule has 1 atom stereocenters. The van der Waals surface area contributed by atoms with Crippen molar-refractivity contribution >= 4 is 5.69 Å². The lowest BCUT2D eigenvalue weighted by Gasteiger charge is -2.17. The van der Waals surface area contributed by atoms with Crippen molar-refractivity contribution in [1.82, 2.24) is 9.78 Å². The lowest BCUT2D eigenvalue weighted by atomic mass is 10.0. The summed E-state index contributed by atoms with van der Waals surface area (Å²) in [6.45, 7) is 10.8. The standard InChI is InChI=1S/C17H25N3/c1-11(2)15-8-7-9-16(10-15)18-12(3)17-13(4)19-20(6)14(17)5/h7-12,18H,1-6H3. The molecule has 0 fully saturated rings. The molecule has 1 heterocycles. The highest BCUT2D eigenvalue weighted by atomic mass is 15.3. The molecule has 1 aromatic heterocycles. The molecule has 3 nitrogen and oxygen atoms in total. The SMILES string of the molecule is Cc1nn(C)c(C)c1C(C)Nc1cccc(C(C)C)c1. The average molecular weight is 271 g/mol. The van der Waals surface area contributed by atoms with Gasteiger partial charge in [0.15, 0.2) is 0 Å². The minimum Gasteiger partial charge on any atom is -0.378 e. The highest BCUT2D eigenvalue weighted by Gasteiger charge is 2.16. The Hall–Kier alpha value is -1.77. The van der Waals surface area contributed by atoms with E-state index >= 15 is 0 Å². The molecular formula is C17H25N3. The second kappa shape index (κ2) is 5.70. The van der Waals surface area contributed by atoms with Gasteiger partial charge in [0.2, 0.25) is 0 Å². The summed E-state index contributed by atoms with van der Waals surface area (Å²) in [6, 6.07) is 8.92. The van der Waals surface area contributed by atoms with Crippen LogP contribution in [0.1, 0.15) is 55.2 Å². The van der Waals surface area contributed by atoms with Crippen LogP contribution in [0.2, 0.25) is 0 Å². The maximum Gasteiger partial charge on any atom is 0.0649 e. The second-order valence-electron chi connectivity index (χ2n) is 5.85. The van der Waals surface area contributed by atoms with Gasteiger partial charge in [-0.3, -0.25) is 4.68 Å². The molecule has 0 saturated heterocycles. The van der Waals surface area contributed by atoms with E-state index in [1.165, 1.54) is 22.5 Å². The van der Waals surface area contributed by atoms with Crippen LogP contribution in [0, 0.1) is 13.8 Å². The van der Waals surface area contributed by atoms with Crippen LogP contribution in [0.4, 0.5) is 5.69 Å². The third-order valence-electron chi connectivity index (χ3n) is 3.93. The minimum atomic E-state index is 0.256. The van der Waals surface area contributed by atoms with E-state index in [0.717, 1.165) is 5.69 Å². The Morgan fingerprint density at radius 3 is 2.40 bits per heavy atom. The van der Waals surface area contributed by atoms with E-state index in [2.05, 4.69) is 69.3 Å². The van der Waals surface area contributed by atoms with E-state index < -0.39 is 0 Å². The minimum absolute atomic E-state index is 0.256. The van der Waals surface area contributed by atoms with Crippen molar-refractivity contribution in [2.75, 3.05) is 5.32 Å². The third-order valence-corrected chi connectivity index (χ3v) is 3.93. The second-order valence-corrected chi connectivity index (χ2v) is 5.85. The van der Waals surface area contributed by atoms with Gasteiger partial charge in [-0.15, -0.1) is 0 Å². The number of aryl methyl sites for hydroxylation is 2. The van der Waals surface area contributed by atoms with E-state index in [-0.39, 0.29) is 6.04 Å². The Morgan fingerprint density at radius 1 is 1.15 bits per heavy atom. The van der Waals surface area contributed by atoms with Gasteiger partial charge >= 0.3 is 0 Å². The third kappa shape index (κ3) is 2.87. The number of anilines is 1. The molecule has 2 rings (SSSR count). The predicted octanol–water partition coefficient (Wildman–Crippen LogP) is 4.33. The van der Waals surface area contributed by atoms with Crippen molar-refractivity contribution in [2.45, 2.75) is 46.6 Å². The summed E-state index contributed by atoms with van der Waals surface area (Å²) in [4.78, 5) is 0. The van der Waals surface area contributed by atoms with Crippen molar-refractivity contribution in [2.24, 2.45) is 7.05 Å². The zero-order valence-electron chi connectivity index (χ0n) is 13.4. The number of nitrogens with one attached hydrogen (secondary N) is 1. The molecular weight excluding hydrogens is 246 g/mol. The average Bonchev–Trinajstić information content (AvgIpc) is 2.63. The fourth-order valence-electron chi connectivity index (χ4n) is 2.73. The molecule has 0 bridgehead atoms. The summed E-state index contributed by atoms with van der Waals surface area (Å²) in [5, 5.41) is 8.09. The first kappa shape index (κ1) is 14.6. The van der Waals surface area contributed by atoms with E-state index in [4.69, 9.17) is 0 Å². The molecule has 0 aliphatic carbocycles. The predicted molar refractivity (Wildman–Crippen MR) is 85.3 cm³/mol. The quantitative estimate of drug-likeness (QED) is 0.896. The normalized spacial score (nSPS) is 12.8. The molecule has 2 aromatic rings. The lowest BCUT2D eigenvalue weighted by molar-refractivity contribution is 0.728.